The van der Waals surface area contributed by atoms with Crippen LogP contribution in [0.3, 0.4) is 0 Å². The number of ether oxygens (including phenoxy) is 3. The van der Waals surface area contributed by atoms with Crippen molar-refractivity contribution >= 4 is 21.8 Å². The Kier molecular flexibility index (Phi) is 9.45. The second-order valence-electron chi connectivity index (χ2n) is 11.7. The van der Waals surface area contributed by atoms with Gasteiger partial charge in [-0.15, -0.1) is 0 Å². The molecule has 0 aliphatic carbocycles. The van der Waals surface area contributed by atoms with E-state index in [9.17, 15) is 40.9 Å². The predicted octanol–water partition coefficient (Wildman–Crippen LogP) is -1.47. The Balaban J connectivity index is 1.37. The lowest BCUT2D eigenvalue weighted by atomic mass is 9.95. The first-order valence-corrected chi connectivity index (χ1v) is 15.0. The average molecular weight is 624 g/mol. The van der Waals surface area contributed by atoms with Gasteiger partial charge in [0.2, 0.25) is 0 Å². The summed E-state index contributed by atoms with van der Waals surface area (Å²) in [4.78, 5) is 0. The second kappa shape index (κ2) is 13.3. The summed E-state index contributed by atoms with van der Waals surface area (Å²) in [6, 6.07) is 11.6. The summed E-state index contributed by atoms with van der Waals surface area (Å²) >= 11 is 0. The molecular formula is C33H37NO11. The van der Waals surface area contributed by atoms with Crippen LogP contribution in [0.5, 0.6) is 0 Å². The van der Waals surface area contributed by atoms with Gasteiger partial charge in [-0.05, 0) is 37.1 Å². The molecule has 0 amide bonds. The van der Waals surface area contributed by atoms with Crippen molar-refractivity contribution in [3.05, 3.63) is 47.5 Å². The van der Waals surface area contributed by atoms with E-state index in [0.717, 1.165) is 34.6 Å². The molecule has 12 heteroatoms. The monoisotopic (exact) mass is 623 g/mol. The highest BCUT2D eigenvalue weighted by Crippen LogP contribution is 2.36. The minimum Gasteiger partial charge on any atom is -0.394 e. The number of benzene rings is 2. The highest BCUT2D eigenvalue weighted by Gasteiger charge is 2.43. The maximum absolute atomic E-state index is 10.4. The van der Waals surface area contributed by atoms with Gasteiger partial charge in [-0.3, -0.25) is 0 Å². The highest BCUT2D eigenvalue weighted by molar-refractivity contribution is 6.08. The van der Waals surface area contributed by atoms with E-state index in [1.165, 1.54) is 0 Å². The van der Waals surface area contributed by atoms with Gasteiger partial charge in [-0.25, -0.2) is 0 Å². The number of aliphatic hydroxyl groups excluding tert-OH is 8. The third kappa shape index (κ3) is 6.09. The van der Waals surface area contributed by atoms with Crippen molar-refractivity contribution in [2.75, 3.05) is 26.4 Å². The van der Waals surface area contributed by atoms with Gasteiger partial charge in [-0.2, -0.15) is 0 Å². The molecule has 2 aromatic carbocycles. The van der Waals surface area contributed by atoms with E-state index >= 15 is 0 Å². The van der Waals surface area contributed by atoms with Crippen LogP contribution in [-0.2, 0) is 14.2 Å². The van der Waals surface area contributed by atoms with Gasteiger partial charge >= 0.3 is 0 Å². The molecule has 10 atom stereocenters. The molecule has 2 unspecified atom stereocenters. The molecule has 3 aromatic rings. The number of hydrogen-bond donors (Lipinski definition) is 8. The minimum atomic E-state index is -1.51. The largest absolute Gasteiger partial charge is 0.394 e. The van der Waals surface area contributed by atoms with Crippen LogP contribution in [-0.4, -0.2) is 133 Å². The molecule has 0 bridgehead atoms. The van der Waals surface area contributed by atoms with E-state index in [1.54, 1.807) is 0 Å². The molecule has 8 N–H and O–H groups in total. The van der Waals surface area contributed by atoms with Gasteiger partial charge in [0.05, 0.1) is 24.2 Å². The van der Waals surface area contributed by atoms with Gasteiger partial charge < -0.3 is 59.6 Å². The molecule has 3 saturated heterocycles. The molecule has 6 rings (SSSR count). The van der Waals surface area contributed by atoms with Crippen LogP contribution in [0.15, 0.2) is 36.4 Å². The average Bonchev–Trinajstić information content (AvgIpc) is 3.38. The van der Waals surface area contributed by atoms with Crippen molar-refractivity contribution in [2.45, 2.75) is 79.9 Å². The lowest BCUT2D eigenvalue weighted by molar-refractivity contribution is -0.214. The molecule has 3 aliphatic rings. The van der Waals surface area contributed by atoms with Crippen molar-refractivity contribution in [1.29, 1.82) is 0 Å². The molecular weight excluding hydrogens is 586 g/mol. The third-order valence-electron chi connectivity index (χ3n) is 8.86. The van der Waals surface area contributed by atoms with Crippen LogP contribution >= 0.6 is 0 Å². The fourth-order valence-electron chi connectivity index (χ4n) is 6.29. The first-order chi connectivity index (χ1) is 21.7. The molecule has 1 aromatic heterocycles. The number of rotatable bonds is 3. The zero-order chi connectivity index (χ0) is 31.8. The topological polar surface area (TPSA) is 194 Å². The zero-order valence-corrected chi connectivity index (χ0v) is 24.3. The molecule has 3 aliphatic heterocycles. The maximum Gasteiger partial charge on any atom is 0.147 e. The number of aromatic nitrogens is 1. The standard InChI is InChI=1S/C33H37NO11/c35-15-26-30(39)32(41)28(37)24(44-26)7-3-17-1-5-20-21-6-2-18(4-8-25-29(38)33(42)31(40)27(16-36)45-25)14-23(21)34(22(20)13-17)19-9-11-43-12-10-19/h1-2,5-6,13-14,19,24-33,35-42H,9-12,15-16H2/t24-,25-,26-,27-,28-,29-,30-,31-,32?,33?/m1/s1. The summed E-state index contributed by atoms with van der Waals surface area (Å²) in [6.45, 7) is 0.155. The van der Waals surface area contributed by atoms with Crippen LogP contribution in [0, 0.1) is 23.7 Å². The van der Waals surface area contributed by atoms with Crippen molar-refractivity contribution in [3.8, 4) is 23.7 Å². The van der Waals surface area contributed by atoms with Gasteiger partial charge in [0.1, 0.15) is 61.0 Å². The van der Waals surface area contributed by atoms with Crippen LogP contribution in [0.1, 0.15) is 30.0 Å². The molecule has 3 fully saturated rings. The van der Waals surface area contributed by atoms with Crippen LogP contribution < -0.4 is 0 Å². The lowest BCUT2D eigenvalue weighted by Crippen LogP contribution is -2.58. The molecule has 0 spiro atoms. The van der Waals surface area contributed by atoms with Gasteiger partial charge in [-0.1, -0.05) is 35.8 Å². The van der Waals surface area contributed by atoms with Gasteiger partial charge in [0.15, 0.2) is 0 Å². The summed E-state index contributed by atoms with van der Waals surface area (Å²) in [5, 5.41) is 82.1. The molecule has 12 nitrogen and oxygen atoms in total. The zero-order valence-electron chi connectivity index (χ0n) is 24.3. The Labute approximate surface area is 259 Å². The summed E-state index contributed by atoms with van der Waals surface area (Å²) < 4.78 is 18.9. The van der Waals surface area contributed by atoms with E-state index < -0.39 is 74.3 Å². The normalized spacial score (nSPS) is 34.2. The molecule has 0 saturated carbocycles. The first kappa shape index (κ1) is 31.9. The molecule has 45 heavy (non-hydrogen) atoms. The summed E-state index contributed by atoms with van der Waals surface area (Å²) in [7, 11) is 0. The summed E-state index contributed by atoms with van der Waals surface area (Å²) in [5.74, 6) is 11.7. The lowest BCUT2D eigenvalue weighted by Gasteiger charge is -2.37. The van der Waals surface area contributed by atoms with Crippen LogP contribution in [0.2, 0.25) is 0 Å². The van der Waals surface area contributed by atoms with E-state index in [0.29, 0.717) is 24.3 Å². The number of nitrogens with zero attached hydrogens (tertiary/aromatic N) is 1. The summed E-state index contributed by atoms with van der Waals surface area (Å²) in [5.41, 5.74) is 3.13. The Bertz CT molecular complexity index is 1530. The van der Waals surface area contributed by atoms with Crippen LogP contribution in [0.25, 0.3) is 21.8 Å². The smallest absolute Gasteiger partial charge is 0.147 e. The van der Waals surface area contributed by atoms with Crippen molar-refractivity contribution < 1.29 is 55.1 Å². The highest BCUT2D eigenvalue weighted by atomic mass is 16.5. The fraction of sp³-hybridized carbons (Fsp3) is 0.515. The van der Waals surface area contributed by atoms with Crippen molar-refractivity contribution in [3.63, 3.8) is 0 Å². The van der Waals surface area contributed by atoms with E-state index in [1.807, 2.05) is 36.4 Å². The molecule has 4 heterocycles. The van der Waals surface area contributed by atoms with Gasteiger partial charge in [0, 0.05) is 41.2 Å². The Hall–Kier alpha value is -3.08. The number of hydrogen-bond acceptors (Lipinski definition) is 11. The molecule has 240 valence electrons. The quantitative estimate of drug-likeness (QED) is 0.159. The fourth-order valence-corrected chi connectivity index (χ4v) is 6.29. The Morgan fingerprint density at radius 1 is 0.622 bits per heavy atom. The number of fused-ring (bicyclic) bond motifs is 3. The molecule has 0 radical (unpaired) electrons. The second-order valence-corrected chi connectivity index (χ2v) is 11.7. The van der Waals surface area contributed by atoms with E-state index in [-0.39, 0.29) is 6.04 Å². The van der Waals surface area contributed by atoms with E-state index in [4.69, 9.17) is 14.2 Å². The van der Waals surface area contributed by atoms with E-state index in [2.05, 4.69) is 28.2 Å². The number of aliphatic hydroxyl groups is 8. The van der Waals surface area contributed by atoms with Crippen molar-refractivity contribution in [1.82, 2.24) is 4.57 Å². The Morgan fingerprint density at radius 3 is 1.49 bits per heavy atom. The maximum atomic E-state index is 10.4. The van der Waals surface area contributed by atoms with Gasteiger partial charge in [0.25, 0.3) is 0 Å². The summed E-state index contributed by atoms with van der Waals surface area (Å²) in [6.07, 6.45) is -11.5. The van der Waals surface area contributed by atoms with Crippen molar-refractivity contribution in [2.24, 2.45) is 0 Å². The first-order valence-electron chi connectivity index (χ1n) is 15.0. The predicted molar refractivity (Wildman–Crippen MR) is 160 cm³/mol. The Morgan fingerprint density at radius 2 is 1.07 bits per heavy atom. The third-order valence-corrected chi connectivity index (χ3v) is 8.86. The van der Waals surface area contributed by atoms with Crippen LogP contribution in [0.4, 0.5) is 0 Å². The minimum absolute atomic E-state index is 0.126. The SMILES string of the molecule is OC[C@H]1O[C@H](C#Cc2ccc3c4ccc(C#C[C@H]5O[C@H](CO)[C@@H](O)C(O)[C@@H]5O)cc4n(C4CCOCC4)c3c2)[C@@H](O)C(O)[C@@H]1O.